The summed E-state index contributed by atoms with van der Waals surface area (Å²) >= 11 is 6.36. The van der Waals surface area contributed by atoms with Gasteiger partial charge in [0, 0.05) is 35.8 Å². The summed E-state index contributed by atoms with van der Waals surface area (Å²) in [6.07, 6.45) is -4.17. The molecular formula is C25H22ClF4NO4. The first-order chi connectivity index (χ1) is 16.3. The van der Waals surface area contributed by atoms with Crippen LogP contribution >= 0.6 is 11.6 Å². The van der Waals surface area contributed by atoms with Crippen LogP contribution in [0.1, 0.15) is 41.3 Å². The van der Waals surface area contributed by atoms with Gasteiger partial charge in [-0.2, -0.15) is 13.2 Å². The number of carbonyl (C=O) groups excluding carboxylic acids is 1. The largest absolute Gasteiger partial charge is 0.462 e. The second kappa shape index (κ2) is 9.83. The Labute approximate surface area is 203 Å². The summed E-state index contributed by atoms with van der Waals surface area (Å²) in [5.74, 6) is -3.20. The summed E-state index contributed by atoms with van der Waals surface area (Å²) in [5, 5.41) is 10.9. The number of ether oxygens (including phenoxy) is 1. The van der Waals surface area contributed by atoms with Crippen molar-refractivity contribution in [3.8, 4) is 11.1 Å². The van der Waals surface area contributed by atoms with Gasteiger partial charge in [0.15, 0.2) is 5.60 Å². The molecule has 0 aliphatic rings. The number of pyridine rings is 1. The lowest BCUT2D eigenvalue weighted by atomic mass is 9.78. The lowest BCUT2D eigenvalue weighted by molar-refractivity contribution is -0.274. The molecule has 3 rings (SSSR count). The molecule has 186 valence electrons. The van der Waals surface area contributed by atoms with E-state index in [1.54, 1.807) is 6.92 Å². The quantitative estimate of drug-likeness (QED) is 0.347. The highest BCUT2D eigenvalue weighted by molar-refractivity contribution is 6.31. The van der Waals surface area contributed by atoms with Crippen LogP contribution in [0.2, 0.25) is 5.02 Å². The SMILES string of the molecule is CCOC(=O)c1cc(-c2ccc([C@H](C)[C@](O)(c3ccc(=O)n(C)c3)C(F)(F)F)c(Cl)c2)ccc1F. The number of aryl methyl sites for hydroxylation is 1. The number of carbonyl (C=O) groups is 1. The van der Waals surface area contributed by atoms with Gasteiger partial charge in [0.1, 0.15) is 5.82 Å². The van der Waals surface area contributed by atoms with E-state index in [4.69, 9.17) is 16.3 Å². The third-order valence-electron chi connectivity index (χ3n) is 5.85. The maximum Gasteiger partial charge on any atom is 0.422 e. The molecule has 0 radical (unpaired) electrons. The Kier molecular flexibility index (Phi) is 7.42. The number of esters is 1. The first-order valence-electron chi connectivity index (χ1n) is 10.5. The molecule has 2 aromatic carbocycles. The summed E-state index contributed by atoms with van der Waals surface area (Å²) in [4.78, 5) is 23.7. The number of aliphatic hydroxyl groups is 1. The van der Waals surface area contributed by atoms with Gasteiger partial charge >= 0.3 is 12.1 Å². The van der Waals surface area contributed by atoms with Crippen molar-refractivity contribution in [2.24, 2.45) is 7.05 Å². The summed E-state index contributed by atoms with van der Waals surface area (Å²) in [6.45, 7) is 2.81. The predicted molar refractivity (Wildman–Crippen MR) is 123 cm³/mol. The van der Waals surface area contributed by atoms with Crippen molar-refractivity contribution in [2.75, 3.05) is 6.61 Å². The van der Waals surface area contributed by atoms with Gasteiger partial charge < -0.3 is 14.4 Å². The zero-order valence-electron chi connectivity index (χ0n) is 19.0. The minimum absolute atomic E-state index is 0.00294. The van der Waals surface area contributed by atoms with Crippen LogP contribution < -0.4 is 5.56 Å². The number of benzene rings is 2. The van der Waals surface area contributed by atoms with Crippen LogP contribution in [-0.4, -0.2) is 28.4 Å². The van der Waals surface area contributed by atoms with E-state index in [2.05, 4.69) is 0 Å². The predicted octanol–water partition coefficient (Wildman–Crippen LogP) is 5.58. The van der Waals surface area contributed by atoms with Crippen LogP contribution in [0.25, 0.3) is 11.1 Å². The molecule has 0 unspecified atom stereocenters. The topological polar surface area (TPSA) is 68.5 Å². The second-order valence-corrected chi connectivity index (χ2v) is 8.41. The van der Waals surface area contributed by atoms with Gasteiger partial charge in [-0.1, -0.05) is 36.7 Å². The lowest BCUT2D eigenvalue weighted by Gasteiger charge is -2.37. The highest BCUT2D eigenvalue weighted by atomic mass is 35.5. The van der Waals surface area contributed by atoms with Gasteiger partial charge in [0.05, 0.1) is 12.2 Å². The average Bonchev–Trinajstić information content (AvgIpc) is 2.79. The molecule has 0 aliphatic heterocycles. The van der Waals surface area contributed by atoms with Crippen molar-refractivity contribution >= 4 is 17.6 Å². The van der Waals surface area contributed by atoms with Gasteiger partial charge in [-0.3, -0.25) is 4.79 Å². The maximum absolute atomic E-state index is 14.2. The molecule has 2 atom stereocenters. The van der Waals surface area contributed by atoms with E-state index in [1.165, 1.54) is 44.3 Å². The Morgan fingerprint density at radius 1 is 1.11 bits per heavy atom. The van der Waals surface area contributed by atoms with Gasteiger partial charge in [-0.15, -0.1) is 0 Å². The average molecular weight is 512 g/mol. The molecule has 35 heavy (non-hydrogen) atoms. The fraction of sp³-hybridized carbons (Fsp3) is 0.280. The molecule has 0 fully saturated rings. The second-order valence-electron chi connectivity index (χ2n) is 8.00. The molecule has 1 heterocycles. The van der Waals surface area contributed by atoms with Crippen molar-refractivity contribution in [2.45, 2.75) is 31.5 Å². The Morgan fingerprint density at radius 2 is 1.74 bits per heavy atom. The Morgan fingerprint density at radius 3 is 2.31 bits per heavy atom. The third-order valence-corrected chi connectivity index (χ3v) is 6.17. The Bertz CT molecular complexity index is 1320. The van der Waals surface area contributed by atoms with E-state index in [1.807, 2.05) is 0 Å². The zero-order chi connectivity index (χ0) is 26.1. The van der Waals surface area contributed by atoms with Gasteiger partial charge in [0.25, 0.3) is 0 Å². The maximum atomic E-state index is 14.2. The van der Waals surface area contributed by atoms with Crippen molar-refractivity contribution in [3.63, 3.8) is 0 Å². The summed E-state index contributed by atoms with van der Waals surface area (Å²) in [7, 11) is 1.28. The molecule has 0 saturated heterocycles. The number of hydrogen-bond donors (Lipinski definition) is 1. The van der Waals surface area contributed by atoms with E-state index in [9.17, 15) is 32.3 Å². The summed E-state index contributed by atoms with van der Waals surface area (Å²) in [6, 6.07) is 9.76. The lowest BCUT2D eigenvalue weighted by Crippen LogP contribution is -2.47. The molecule has 0 aliphatic carbocycles. The van der Waals surface area contributed by atoms with Crippen LogP contribution in [-0.2, 0) is 17.4 Å². The third kappa shape index (κ3) is 4.97. The monoisotopic (exact) mass is 511 g/mol. The van der Waals surface area contributed by atoms with Crippen LogP contribution in [0, 0.1) is 5.82 Å². The van der Waals surface area contributed by atoms with Crippen LogP contribution in [0.5, 0.6) is 0 Å². The minimum atomic E-state index is -5.10. The van der Waals surface area contributed by atoms with Crippen LogP contribution in [0.3, 0.4) is 0 Å². The normalized spacial score (nSPS) is 14.3. The summed E-state index contributed by atoms with van der Waals surface area (Å²) in [5.41, 5.74) is -3.90. The molecule has 1 N–H and O–H groups in total. The van der Waals surface area contributed by atoms with E-state index < -0.39 is 40.6 Å². The van der Waals surface area contributed by atoms with Crippen molar-refractivity contribution in [3.05, 3.63) is 92.6 Å². The van der Waals surface area contributed by atoms with Gasteiger partial charge in [0.2, 0.25) is 5.56 Å². The number of aromatic nitrogens is 1. The van der Waals surface area contributed by atoms with Crippen LogP contribution in [0.15, 0.2) is 59.5 Å². The Balaban J connectivity index is 2.06. The number of hydrogen-bond acceptors (Lipinski definition) is 4. The Hall–Kier alpha value is -3.17. The number of alkyl halides is 3. The van der Waals surface area contributed by atoms with Crippen molar-refractivity contribution < 1.29 is 32.2 Å². The first-order valence-corrected chi connectivity index (χ1v) is 10.9. The molecule has 5 nitrogen and oxygen atoms in total. The molecular weight excluding hydrogens is 490 g/mol. The number of rotatable bonds is 6. The highest BCUT2D eigenvalue weighted by Crippen LogP contribution is 2.49. The minimum Gasteiger partial charge on any atom is -0.462 e. The van der Waals surface area contributed by atoms with Crippen molar-refractivity contribution in [1.29, 1.82) is 0 Å². The van der Waals surface area contributed by atoms with E-state index in [-0.39, 0.29) is 22.8 Å². The number of halogens is 5. The molecule has 1 aromatic heterocycles. The fourth-order valence-corrected chi connectivity index (χ4v) is 4.18. The standard InChI is InChI=1S/C25H22ClF4NO4/c1-4-35-23(33)19-11-15(6-9-21(19)27)16-5-8-18(20(26)12-16)14(2)24(34,25(28,29)30)17-7-10-22(32)31(3)13-17/h5-14,34H,4H2,1-3H3/t14-,24-/m0/s1. The highest BCUT2D eigenvalue weighted by Gasteiger charge is 2.59. The fourth-order valence-electron chi connectivity index (χ4n) is 3.83. The molecule has 0 saturated carbocycles. The van der Waals surface area contributed by atoms with E-state index >= 15 is 0 Å². The van der Waals surface area contributed by atoms with Gasteiger partial charge in [-0.05, 0) is 47.9 Å². The van der Waals surface area contributed by atoms with Gasteiger partial charge in [-0.25, -0.2) is 9.18 Å². The van der Waals surface area contributed by atoms with Crippen molar-refractivity contribution in [1.82, 2.24) is 4.57 Å². The zero-order valence-corrected chi connectivity index (χ0v) is 19.7. The first kappa shape index (κ1) is 26.4. The number of nitrogens with zero attached hydrogens (tertiary/aromatic N) is 1. The molecule has 0 amide bonds. The van der Waals surface area contributed by atoms with E-state index in [0.29, 0.717) is 11.1 Å². The molecule has 0 bridgehead atoms. The molecule has 10 heteroatoms. The summed E-state index contributed by atoms with van der Waals surface area (Å²) < 4.78 is 62.5. The van der Waals surface area contributed by atoms with Crippen LogP contribution in [0.4, 0.5) is 17.6 Å². The van der Waals surface area contributed by atoms with E-state index in [0.717, 1.165) is 29.0 Å². The molecule has 0 spiro atoms. The molecule has 3 aromatic rings. The smallest absolute Gasteiger partial charge is 0.422 e.